The summed E-state index contributed by atoms with van der Waals surface area (Å²) < 4.78 is 0. The van der Waals surface area contributed by atoms with Gasteiger partial charge < -0.3 is 10.6 Å². The molecule has 1 fully saturated rings. The lowest BCUT2D eigenvalue weighted by Crippen LogP contribution is -2.54. The predicted molar refractivity (Wildman–Crippen MR) is 65.9 cm³/mol. The second-order valence-corrected chi connectivity index (χ2v) is 4.78. The van der Waals surface area contributed by atoms with Crippen LogP contribution in [0.15, 0.2) is 12.4 Å². The Morgan fingerprint density at radius 1 is 1.53 bits per heavy atom. The molecule has 2 N–H and O–H groups in total. The highest BCUT2D eigenvalue weighted by molar-refractivity contribution is 6.29. The molecule has 1 atom stereocenters. The molecule has 5 nitrogen and oxygen atoms in total. The van der Waals surface area contributed by atoms with Gasteiger partial charge in [0.15, 0.2) is 0 Å². The van der Waals surface area contributed by atoms with Gasteiger partial charge in [0, 0.05) is 6.07 Å². The fourth-order valence-corrected chi connectivity index (χ4v) is 2.05. The third-order valence-electron chi connectivity index (χ3n) is 3.00. The van der Waals surface area contributed by atoms with Gasteiger partial charge in [0.25, 0.3) is 0 Å². The maximum Gasteiger partial charge on any atom is 0.245 e. The molecule has 2 rings (SSSR count). The summed E-state index contributed by atoms with van der Waals surface area (Å²) in [6.07, 6.45) is 4.33. The fourth-order valence-electron chi connectivity index (χ4n) is 1.91. The van der Waals surface area contributed by atoms with E-state index in [9.17, 15) is 4.79 Å². The number of carbonyl (C=O) groups excluding carboxylic acids is 1. The topological polar surface area (TPSA) is 66.9 Å². The molecule has 1 aliphatic heterocycles. The number of aromatic nitrogens is 2. The summed E-state index contributed by atoms with van der Waals surface area (Å²) in [5.74, 6) is 0.357. The summed E-state index contributed by atoms with van der Waals surface area (Å²) in [6.45, 7) is 2.78. The van der Waals surface area contributed by atoms with Crippen LogP contribution in [0.4, 0.5) is 5.82 Å². The molecule has 0 spiro atoms. The van der Waals surface area contributed by atoms with Crippen molar-refractivity contribution in [2.45, 2.75) is 31.7 Å². The number of piperidine rings is 1. The van der Waals surface area contributed by atoms with Crippen LogP contribution in [0.3, 0.4) is 0 Å². The monoisotopic (exact) mass is 254 g/mol. The Balaban J connectivity index is 2.05. The molecule has 0 radical (unpaired) electrons. The normalized spacial score (nSPS) is 24.4. The summed E-state index contributed by atoms with van der Waals surface area (Å²) in [6, 6.07) is 1.53. The van der Waals surface area contributed by atoms with Gasteiger partial charge >= 0.3 is 0 Å². The van der Waals surface area contributed by atoms with Gasteiger partial charge in [0.2, 0.25) is 5.91 Å². The number of hydrogen-bond donors (Lipinski definition) is 2. The third kappa shape index (κ3) is 2.92. The third-order valence-corrected chi connectivity index (χ3v) is 3.20. The second-order valence-electron chi connectivity index (χ2n) is 4.40. The highest BCUT2D eigenvalue weighted by Crippen LogP contribution is 2.20. The maximum absolute atomic E-state index is 12.1. The Labute approximate surface area is 105 Å². The summed E-state index contributed by atoms with van der Waals surface area (Å²) in [4.78, 5) is 19.8. The molecule has 17 heavy (non-hydrogen) atoms. The van der Waals surface area contributed by atoms with Crippen LogP contribution in [0.5, 0.6) is 0 Å². The first-order valence-electron chi connectivity index (χ1n) is 5.64. The van der Waals surface area contributed by atoms with E-state index in [4.69, 9.17) is 11.6 Å². The van der Waals surface area contributed by atoms with Gasteiger partial charge in [-0.1, -0.05) is 11.6 Å². The summed E-state index contributed by atoms with van der Waals surface area (Å²) in [5.41, 5.74) is -0.518. The Bertz CT molecular complexity index is 418. The Morgan fingerprint density at radius 2 is 2.35 bits per heavy atom. The average Bonchev–Trinajstić information content (AvgIpc) is 2.30. The van der Waals surface area contributed by atoms with E-state index in [0.29, 0.717) is 11.0 Å². The number of carbonyl (C=O) groups is 1. The quantitative estimate of drug-likeness (QED) is 0.787. The summed E-state index contributed by atoms with van der Waals surface area (Å²) in [5, 5.41) is 6.31. The molecule has 0 saturated carbocycles. The lowest BCUT2D eigenvalue weighted by molar-refractivity contribution is -0.122. The first-order valence-corrected chi connectivity index (χ1v) is 6.02. The Kier molecular flexibility index (Phi) is 3.59. The van der Waals surface area contributed by atoms with Crippen molar-refractivity contribution >= 4 is 23.3 Å². The smallest absolute Gasteiger partial charge is 0.245 e. The number of amides is 1. The lowest BCUT2D eigenvalue weighted by Gasteiger charge is -2.33. The van der Waals surface area contributed by atoms with E-state index in [-0.39, 0.29) is 5.91 Å². The first-order chi connectivity index (χ1) is 8.10. The molecule has 1 aromatic rings. The maximum atomic E-state index is 12.1. The zero-order chi connectivity index (χ0) is 12.3. The van der Waals surface area contributed by atoms with Crippen LogP contribution in [0.2, 0.25) is 5.15 Å². The minimum atomic E-state index is -0.518. The number of halogens is 1. The molecular weight excluding hydrogens is 240 g/mol. The van der Waals surface area contributed by atoms with Crippen molar-refractivity contribution in [3.05, 3.63) is 17.5 Å². The van der Waals surface area contributed by atoms with Crippen molar-refractivity contribution in [2.75, 3.05) is 11.9 Å². The van der Waals surface area contributed by atoms with E-state index >= 15 is 0 Å². The zero-order valence-electron chi connectivity index (χ0n) is 9.66. The van der Waals surface area contributed by atoms with Crippen LogP contribution in [-0.2, 0) is 4.79 Å². The molecule has 1 saturated heterocycles. The van der Waals surface area contributed by atoms with Crippen LogP contribution in [-0.4, -0.2) is 28.0 Å². The van der Waals surface area contributed by atoms with Crippen molar-refractivity contribution in [1.82, 2.24) is 15.3 Å². The molecule has 92 valence electrons. The van der Waals surface area contributed by atoms with E-state index in [2.05, 4.69) is 20.6 Å². The molecule has 0 bridgehead atoms. The molecule has 6 heteroatoms. The minimum Gasteiger partial charge on any atom is -0.309 e. The van der Waals surface area contributed by atoms with E-state index in [1.807, 2.05) is 6.92 Å². The van der Waals surface area contributed by atoms with Crippen LogP contribution in [0.25, 0.3) is 0 Å². The van der Waals surface area contributed by atoms with Crippen molar-refractivity contribution in [3.8, 4) is 0 Å². The van der Waals surface area contributed by atoms with E-state index < -0.39 is 5.54 Å². The van der Waals surface area contributed by atoms with Gasteiger partial charge in [-0.05, 0) is 32.7 Å². The zero-order valence-corrected chi connectivity index (χ0v) is 10.4. The molecule has 1 aromatic heterocycles. The predicted octanol–water partition coefficient (Wildman–Crippen LogP) is 1.60. The number of hydrogen-bond acceptors (Lipinski definition) is 4. The van der Waals surface area contributed by atoms with Crippen LogP contribution < -0.4 is 10.6 Å². The number of anilines is 1. The van der Waals surface area contributed by atoms with Gasteiger partial charge in [-0.3, -0.25) is 4.79 Å². The van der Waals surface area contributed by atoms with Crippen molar-refractivity contribution in [2.24, 2.45) is 0 Å². The lowest BCUT2D eigenvalue weighted by atomic mass is 9.90. The van der Waals surface area contributed by atoms with E-state index in [1.165, 1.54) is 12.4 Å². The molecule has 1 aliphatic rings. The number of nitrogens with one attached hydrogen (secondary N) is 2. The van der Waals surface area contributed by atoms with Crippen LogP contribution in [0.1, 0.15) is 26.2 Å². The SMILES string of the molecule is CC1(C(=O)Nc2cc(Cl)ncn2)CCCCN1. The van der Waals surface area contributed by atoms with Gasteiger partial charge in [-0.2, -0.15) is 0 Å². The number of nitrogens with zero attached hydrogens (tertiary/aromatic N) is 2. The summed E-state index contributed by atoms with van der Waals surface area (Å²) >= 11 is 5.73. The number of rotatable bonds is 2. The standard InChI is InChI=1S/C11H15ClN4O/c1-11(4-2-3-5-15-11)10(17)16-9-6-8(12)13-7-14-9/h6-7,15H,2-5H2,1H3,(H,13,14,16,17). The second kappa shape index (κ2) is 4.98. The van der Waals surface area contributed by atoms with Gasteiger partial charge in [-0.25, -0.2) is 9.97 Å². The van der Waals surface area contributed by atoms with Gasteiger partial charge in [0.05, 0.1) is 5.54 Å². The van der Waals surface area contributed by atoms with E-state index in [0.717, 1.165) is 25.8 Å². The minimum absolute atomic E-state index is 0.0769. The van der Waals surface area contributed by atoms with Crippen LogP contribution in [0, 0.1) is 0 Å². The molecule has 1 amide bonds. The van der Waals surface area contributed by atoms with Gasteiger partial charge in [-0.15, -0.1) is 0 Å². The summed E-state index contributed by atoms with van der Waals surface area (Å²) in [7, 11) is 0. The Morgan fingerprint density at radius 3 is 3.00 bits per heavy atom. The van der Waals surface area contributed by atoms with E-state index in [1.54, 1.807) is 0 Å². The first kappa shape index (κ1) is 12.3. The van der Waals surface area contributed by atoms with Crippen molar-refractivity contribution in [1.29, 1.82) is 0 Å². The molecule has 1 unspecified atom stereocenters. The highest BCUT2D eigenvalue weighted by Gasteiger charge is 2.34. The average molecular weight is 255 g/mol. The van der Waals surface area contributed by atoms with Crippen molar-refractivity contribution in [3.63, 3.8) is 0 Å². The molecule has 0 aromatic carbocycles. The fraction of sp³-hybridized carbons (Fsp3) is 0.545. The highest BCUT2D eigenvalue weighted by atomic mass is 35.5. The molecule has 2 heterocycles. The van der Waals surface area contributed by atoms with Crippen molar-refractivity contribution < 1.29 is 4.79 Å². The molecular formula is C11H15ClN4O. The largest absolute Gasteiger partial charge is 0.309 e. The Hall–Kier alpha value is -1.20. The molecule has 0 aliphatic carbocycles. The van der Waals surface area contributed by atoms with Crippen LogP contribution >= 0.6 is 11.6 Å². The van der Waals surface area contributed by atoms with Gasteiger partial charge in [0.1, 0.15) is 17.3 Å².